The Labute approximate surface area is 133 Å². The number of H-pyrrole nitrogens is 1. The van der Waals surface area contributed by atoms with E-state index in [4.69, 9.17) is 23.2 Å². The molecule has 2 heterocycles. The van der Waals surface area contributed by atoms with E-state index in [1.165, 1.54) is 0 Å². The molecule has 0 saturated carbocycles. The van der Waals surface area contributed by atoms with E-state index < -0.39 is 0 Å². The third-order valence-electron chi connectivity index (χ3n) is 3.62. The van der Waals surface area contributed by atoms with Crippen molar-refractivity contribution >= 4 is 34.8 Å². The summed E-state index contributed by atoms with van der Waals surface area (Å²) in [6, 6.07) is 9.45. The molecule has 21 heavy (non-hydrogen) atoms. The molecular formula is C15H15Cl2N3O. The van der Waals surface area contributed by atoms with Crippen molar-refractivity contribution in [2.75, 3.05) is 31.1 Å². The van der Waals surface area contributed by atoms with Gasteiger partial charge in [-0.2, -0.15) is 0 Å². The van der Waals surface area contributed by atoms with Crippen LogP contribution in [0.5, 0.6) is 0 Å². The van der Waals surface area contributed by atoms with E-state index in [0.717, 1.165) is 23.8 Å². The van der Waals surface area contributed by atoms with Gasteiger partial charge in [-0.05, 0) is 24.3 Å². The molecule has 6 heteroatoms. The summed E-state index contributed by atoms with van der Waals surface area (Å²) in [6.07, 6.45) is 1.62. The summed E-state index contributed by atoms with van der Waals surface area (Å²) in [4.78, 5) is 19.3. The minimum atomic E-state index is -0.00681. The molecule has 1 aliphatic heterocycles. The smallest absolute Gasteiger partial charge is 0.270 e. The van der Waals surface area contributed by atoms with E-state index in [2.05, 4.69) is 9.88 Å². The van der Waals surface area contributed by atoms with Crippen LogP contribution >= 0.6 is 23.2 Å². The summed E-state index contributed by atoms with van der Waals surface area (Å²) in [5.74, 6) is -0.00681. The van der Waals surface area contributed by atoms with E-state index in [9.17, 15) is 4.79 Å². The lowest BCUT2D eigenvalue weighted by molar-refractivity contribution is 0.0741. The Hall–Kier alpha value is -1.65. The second kappa shape index (κ2) is 6.00. The molecule has 0 radical (unpaired) electrons. The minimum absolute atomic E-state index is 0.00681. The van der Waals surface area contributed by atoms with Gasteiger partial charge >= 0.3 is 0 Å². The monoisotopic (exact) mass is 323 g/mol. The van der Waals surface area contributed by atoms with E-state index in [-0.39, 0.29) is 5.91 Å². The standard InChI is InChI=1S/C15H15Cl2N3O/c16-11-2-1-3-13(8-11)19-4-6-20(7-5-19)15(21)14-9-12(17)10-18-14/h1-3,8-10,18H,4-7H2. The molecule has 1 saturated heterocycles. The van der Waals surface area contributed by atoms with Gasteiger partial charge in [0.15, 0.2) is 0 Å². The quantitative estimate of drug-likeness (QED) is 0.921. The number of hydrogen-bond acceptors (Lipinski definition) is 2. The van der Waals surface area contributed by atoms with E-state index in [0.29, 0.717) is 23.8 Å². The van der Waals surface area contributed by atoms with Gasteiger partial charge in [-0.25, -0.2) is 0 Å². The fourth-order valence-corrected chi connectivity index (χ4v) is 2.85. The van der Waals surface area contributed by atoms with Crippen LogP contribution in [0.25, 0.3) is 0 Å². The topological polar surface area (TPSA) is 39.3 Å². The fraction of sp³-hybridized carbons (Fsp3) is 0.267. The number of halogens is 2. The molecule has 110 valence electrons. The Morgan fingerprint density at radius 2 is 1.81 bits per heavy atom. The third kappa shape index (κ3) is 3.17. The fourth-order valence-electron chi connectivity index (χ4n) is 2.50. The number of anilines is 1. The average molecular weight is 324 g/mol. The number of aromatic amines is 1. The molecule has 3 rings (SSSR count). The van der Waals surface area contributed by atoms with Crippen molar-refractivity contribution in [3.63, 3.8) is 0 Å². The number of aromatic nitrogens is 1. The summed E-state index contributed by atoms with van der Waals surface area (Å²) in [6.45, 7) is 2.95. The highest BCUT2D eigenvalue weighted by molar-refractivity contribution is 6.31. The predicted octanol–water partition coefficient (Wildman–Crippen LogP) is 3.28. The van der Waals surface area contributed by atoms with Crippen LogP contribution in [-0.4, -0.2) is 42.0 Å². The normalized spacial score (nSPS) is 15.3. The van der Waals surface area contributed by atoms with Crippen LogP contribution in [0.4, 0.5) is 5.69 Å². The SMILES string of the molecule is O=C(c1cc(Cl)c[nH]1)N1CCN(c2cccc(Cl)c2)CC1. The van der Waals surface area contributed by atoms with Crippen molar-refractivity contribution in [1.29, 1.82) is 0 Å². The summed E-state index contributed by atoms with van der Waals surface area (Å²) in [5.41, 5.74) is 1.63. The number of carbonyl (C=O) groups is 1. The second-order valence-corrected chi connectivity index (χ2v) is 5.86. The number of amides is 1. The number of nitrogens with one attached hydrogen (secondary N) is 1. The summed E-state index contributed by atoms with van der Waals surface area (Å²) in [7, 11) is 0. The van der Waals surface area contributed by atoms with Crippen LogP contribution in [0.3, 0.4) is 0 Å². The lowest BCUT2D eigenvalue weighted by atomic mass is 10.2. The number of piperazine rings is 1. The molecule has 1 fully saturated rings. The van der Waals surface area contributed by atoms with Gasteiger partial charge in [0, 0.05) is 43.1 Å². The number of carbonyl (C=O) groups excluding carboxylic acids is 1. The molecule has 0 aliphatic carbocycles. The lowest BCUT2D eigenvalue weighted by Crippen LogP contribution is -2.48. The summed E-state index contributed by atoms with van der Waals surface area (Å²) in [5, 5.41) is 1.28. The van der Waals surface area contributed by atoms with E-state index in [1.807, 2.05) is 29.2 Å². The maximum absolute atomic E-state index is 12.3. The highest BCUT2D eigenvalue weighted by Crippen LogP contribution is 2.21. The Kier molecular flexibility index (Phi) is 4.08. The summed E-state index contributed by atoms with van der Waals surface area (Å²) < 4.78 is 0. The van der Waals surface area contributed by atoms with Crippen LogP contribution in [0, 0.1) is 0 Å². The van der Waals surface area contributed by atoms with Crippen molar-refractivity contribution in [2.45, 2.75) is 0 Å². The molecule has 1 amide bonds. The van der Waals surface area contributed by atoms with Crippen LogP contribution in [0.15, 0.2) is 36.5 Å². The van der Waals surface area contributed by atoms with Gasteiger partial charge in [-0.15, -0.1) is 0 Å². The Balaban J connectivity index is 1.64. The van der Waals surface area contributed by atoms with Crippen LogP contribution in [0.2, 0.25) is 10.0 Å². The number of hydrogen-bond donors (Lipinski definition) is 1. The zero-order chi connectivity index (χ0) is 14.8. The molecule has 0 bridgehead atoms. The zero-order valence-electron chi connectivity index (χ0n) is 11.4. The molecule has 1 N–H and O–H groups in total. The second-order valence-electron chi connectivity index (χ2n) is 4.99. The van der Waals surface area contributed by atoms with Crippen molar-refractivity contribution < 1.29 is 4.79 Å². The highest BCUT2D eigenvalue weighted by atomic mass is 35.5. The largest absolute Gasteiger partial charge is 0.368 e. The van der Waals surface area contributed by atoms with Crippen LogP contribution in [0.1, 0.15) is 10.5 Å². The molecule has 1 aromatic carbocycles. The first-order valence-electron chi connectivity index (χ1n) is 6.77. The van der Waals surface area contributed by atoms with Gasteiger partial charge in [-0.3, -0.25) is 4.79 Å². The Morgan fingerprint density at radius 1 is 1.05 bits per heavy atom. The van der Waals surface area contributed by atoms with Crippen molar-refractivity contribution in [2.24, 2.45) is 0 Å². The maximum Gasteiger partial charge on any atom is 0.270 e. The Morgan fingerprint density at radius 3 is 2.43 bits per heavy atom. The van der Waals surface area contributed by atoms with Gasteiger partial charge in [0.25, 0.3) is 5.91 Å². The molecule has 1 aromatic heterocycles. The van der Waals surface area contributed by atoms with Gasteiger partial charge in [0.05, 0.1) is 5.02 Å². The van der Waals surface area contributed by atoms with Gasteiger partial charge in [-0.1, -0.05) is 29.3 Å². The highest BCUT2D eigenvalue weighted by Gasteiger charge is 2.23. The third-order valence-corrected chi connectivity index (χ3v) is 4.07. The van der Waals surface area contributed by atoms with Crippen molar-refractivity contribution in [3.8, 4) is 0 Å². The number of rotatable bonds is 2. The molecule has 1 aliphatic rings. The van der Waals surface area contributed by atoms with Gasteiger partial charge in [0.2, 0.25) is 0 Å². The number of benzene rings is 1. The van der Waals surface area contributed by atoms with Crippen LogP contribution in [-0.2, 0) is 0 Å². The lowest BCUT2D eigenvalue weighted by Gasteiger charge is -2.36. The van der Waals surface area contributed by atoms with E-state index >= 15 is 0 Å². The molecule has 4 nitrogen and oxygen atoms in total. The van der Waals surface area contributed by atoms with Crippen LogP contribution < -0.4 is 4.90 Å². The first kappa shape index (κ1) is 14.3. The molecule has 2 aromatic rings. The number of nitrogens with zero attached hydrogens (tertiary/aromatic N) is 2. The maximum atomic E-state index is 12.3. The van der Waals surface area contributed by atoms with Gasteiger partial charge in [0.1, 0.15) is 5.69 Å². The zero-order valence-corrected chi connectivity index (χ0v) is 12.9. The summed E-state index contributed by atoms with van der Waals surface area (Å²) >= 11 is 11.9. The predicted molar refractivity (Wildman–Crippen MR) is 85.4 cm³/mol. The van der Waals surface area contributed by atoms with Crippen molar-refractivity contribution in [3.05, 3.63) is 52.3 Å². The Bertz CT molecular complexity index is 648. The van der Waals surface area contributed by atoms with Gasteiger partial charge < -0.3 is 14.8 Å². The molecule has 0 spiro atoms. The minimum Gasteiger partial charge on any atom is -0.368 e. The first-order chi connectivity index (χ1) is 10.1. The molecule has 0 unspecified atom stereocenters. The average Bonchev–Trinajstić information content (AvgIpc) is 2.93. The molecular weight excluding hydrogens is 309 g/mol. The van der Waals surface area contributed by atoms with Crippen molar-refractivity contribution in [1.82, 2.24) is 9.88 Å². The molecule has 0 atom stereocenters. The first-order valence-corrected chi connectivity index (χ1v) is 7.53. The van der Waals surface area contributed by atoms with E-state index in [1.54, 1.807) is 12.3 Å².